The highest BCUT2D eigenvalue weighted by molar-refractivity contribution is 5.16. The number of aromatic nitrogens is 1. The smallest absolute Gasteiger partial charge is 0.0540 e. The molecule has 0 aromatic carbocycles. The molecule has 0 fully saturated rings. The van der Waals surface area contributed by atoms with Crippen molar-refractivity contribution in [1.29, 1.82) is 0 Å². The summed E-state index contributed by atoms with van der Waals surface area (Å²) in [5.74, 6) is 5.81. The van der Waals surface area contributed by atoms with E-state index in [9.17, 15) is 0 Å². The van der Waals surface area contributed by atoms with Gasteiger partial charge in [0.2, 0.25) is 0 Å². The van der Waals surface area contributed by atoms with Crippen molar-refractivity contribution >= 4 is 0 Å². The van der Waals surface area contributed by atoms with Crippen molar-refractivity contribution in [2.45, 2.75) is 12.8 Å². The molecule has 1 rings (SSSR count). The van der Waals surface area contributed by atoms with Gasteiger partial charge in [-0.05, 0) is 11.6 Å². The number of hydrogen-bond donors (Lipinski definition) is 1. The predicted molar refractivity (Wildman–Crippen MR) is 47.4 cm³/mol. The van der Waals surface area contributed by atoms with E-state index in [4.69, 9.17) is 5.11 Å². The van der Waals surface area contributed by atoms with Gasteiger partial charge in [0, 0.05) is 25.2 Å². The minimum absolute atomic E-state index is 0.139. The lowest BCUT2D eigenvalue weighted by Gasteiger charge is -1.90. The monoisotopic (exact) mass is 161 g/mol. The summed E-state index contributed by atoms with van der Waals surface area (Å²) in [4.78, 5) is 3.97. The molecule has 0 radical (unpaired) electrons. The summed E-state index contributed by atoms with van der Waals surface area (Å²) in [5.41, 5.74) is 1.11. The standard InChI is InChI=1S/C10H11NO/c12-8-3-1-2-5-10-6-4-7-11-9-10/h4,6-7,9,12H,3,5,8H2. The quantitative estimate of drug-likeness (QED) is 0.657. The molecule has 2 nitrogen and oxygen atoms in total. The van der Waals surface area contributed by atoms with Gasteiger partial charge in [-0.25, -0.2) is 0 Å². The van der Waals surface area contributed by atoms with E-state index in [1.165, 1.54) is 0 Å². The van der Waals surface area contributed by atoms with Crippen LogP contribution in [0.1, 0.15) is 12.0 Å². The van der Waals surface area contributed by atoms with Crippen LogP contribution >= 0.6 is 0 Å². The van der Waals surface area contributed by atoms with E-state index in [0.717, 1.165) is 5.56 Å². The fourth-order valence-electron chi connectivity index (χ4n) is 0.812. The second-order valence-electron chi connectivity index (χ2n) is 2.37. The summed E-state index contributed by atoms with van der Waals surface area (Å²) >= 11 is 0. The molecule has 0 saturated carbocycles. The SMILES string of the molecule is OCCC#CCc1cccnc1. The van der Waals surface area contributed by atoms with Gasteiger partial charge in [0.05, 0.1) is 6.61 Å². The normalized spacial score (nSPS) is 8.75. The van der Waals surface area contributed by atoms with Gasteiger partial charge in [-0.15, -0.1) is 5.92 Å². The molecule has 1 heterocycles. The Morgan fingerprint density at radius 1 is 1.42 bits per heavy atom. The molecule has 0 atom stereocenters. The molecule has 1 aromatic rings. The Bertz CT molecular complexity index is 271. The van der Waals surface area contributed by atoms with Crippen LogP contribution in [0, 0.1) is 11.8 Å². The molecule has 0 aliphatic heterocycles. The minimum atomic E-state index is 0.139. The number of nitrogens with zero attached hydrogens (tertiary/aromatic N) is 1. The number of hydrogen-bond acceptors (Lipinski definition) is 2. The van der Waals surface area contributed by atoms with Crippen molar-refractivity contribution < 1.29 is 5.11 Å². The zero-order valence-electron chi connectivity index (χ0n) is 6.83. The van der Waals surface area contributed by atoms with Gasteiger partial charge in [0.1, 0.15) is 0 Å². The highest BCUT2D eigenvalue weighted by Crippen LogP contribution is 1.94. The van der Waals surface area contributed by atoms with Gasteiger partial charge in [-0.1, -0.05) is 12.0 Å². The van der Waals surface area contributed by atoms with E-state index < -0.39 is 0 Å². The van der Waals surface area contributed by atoms with E-state index >= 15 is 0 Å². The van der Waals surface area contributed by atoms with Crippen LogP contribution in [-0.4, -0.2) is 16.7 Å². The molecule has 0 aliphatic carbocycles. The zero-order chi connectivity index (χ0) is 8.65. The van der Waals surface area contributed by atoms with Gasteiger partial charge in [-0.3, -0.25) is 4.98 Å². The molecule has 0 bridgehead atoms. The molecule has 0 amide bonds. The lowest BCUT2D eigenvalue weighted by molar-refractivity contribution is 0.305. The van der Waals surface area contributed by atoms with Crippen molar-refractivity contribution in [2.75, 3.05) is 6.61 Å². The molecule has 0 unspecified atom stereocenters. The molecule has 2 heteroatoms. The van der Waals surface area contributed by atoms with Gasteiger partial charge in [-0.2, -0.15) is 0 Å². The summed E-state index contributed by atoms with van der Waals surface area (Å²) in [6, 6.07) is 3.88. The number of rotatable bonds is 2. The van der Waals surface area contributed by atoms with Gasteiger partial charge in [0.15, 0.2) is 0 Å². The Kier molecular flexibility index (Phi) is 3.90. The Balaban J connectivity index is 2.40. The second-order valence-corrected chi connectivity index (χ2v) is 2.37. The first kappa shape index (κ1) is 8.76. The van der Waals surface area contributed by atoms with Gasteiger partial charge >= 0.3 is 0 Å². The Morgan fingerprint density at radius 2 is 2.33 bits per heavy atom. The summed E-state index contributed by atoms with van der Waals surface area (Å²) in [6.07, 6.45) is 4.81. The summed E-state index contributed by atoms with van der Waals surface area (Å²) in [6.45, 7) is 0.139. The maximum atomic E-state index is 8.45. The highest BCUT2D eigenvalue weighted by atomic mass is 16.2. The third-order valence-corrected chi connectivity index (χ3v) is 1.38. The second kappa shape index (κ2) is 5.34. The van der Waals surface area contributed by atoms with Gasteiger partial charge in [0.25, 0.3) is 0 Å². The molecule has 1 aromatic heterocycles. The van der Waals surface area contributed by atoms with E-state index in [0.29, 0.717) is 12.8 Å². The lowest BCUT2D eigenvalue weighted by atomic mass is 10.2. The van der Waals surface area contributed by atoms with E-state index in [2.05, 4.69) is 16.8 Å². The predicted octanol–water partition coefficient (Wildman–Crippen LogP) is 1.01. The minimum Gasteiger partial charge on any atom is -0.395 e. The molecule has 12 heavy (non-hydrogen) atoms. The topological polar surface area (TPSA) is 33.1 Å². The van der Waals surface area contributed by atoms with Crippen molar-refractivity contribution in [1.82, 2.24) is 4.98 Å². The van der Waals surface area contributed by atoms with Crippen molar-refractivity contribution in [3.05, 3.63) is 30.1 Å². The van der Waals surface area contributed by atoms with Gasteiger partial charge < -0.3 is 5.11 Å². The average molecular weight is 161 g/mol. The van der Waals surface area contributed by atoms with Crippen LogP contribution in [-0.2, 0) is 6.42 Å². The van der Waals surface area contributed by atoms with Crippen LogP contribution in [0.3, 0.4) is 0 Å². The Morgan fingerprint density at radius 3 is 3.00 bits per heavy atom. The molecule has 0 saturated heterocycles. The Labute approximate surface area is 72.3 Å². The van der Waals surface area contributed by atoms with Crippen LogP contribution in [0.15, 0.2) is 24.5 Å². The van der Waals surface area contributed by atoms with Crippen LogP contribution in [0.25, 0.3) is 0 Å². The molecular weight excluding hydrogens is 150 g/mol. The first-order valence-electron chi connectivity index (χ1n) is 3.89. The summed E-state index contributed by atoms with van der Waals surface area (Å²) in [5, 5.41) is 8.45. The van der Waals surface area contributed by atoms with Crippen molar-refractivity contribution in [2.24, 2.45) is 0 Å². The molecule has 1 N–H and O–H groups in total. The van der Waals surface area contributed by atoms with Crippen LogP contribution in [0.5, 0.6) is 0 Å². The zero-order valence-corrected chi connectivity index (χ0v) is 6.83. The maximum Gasteiger partial charge on any atom is 0.0540 e. The summed E-state index contributed by atoms with van der Waals surface area (Å²) < 4.78 is 0. The largest absolute Gasteiger partial charge is 0.395 e. The lowest BCUT2D eigenvalue weighted by Crippen LogP contribution is -1.82. The van der Waals surface area contributed by atoms with Crippen molar-refractivity contribution in [3.8, 4) is 11.8 Å². The molecule has 62 valence electrons. The fraction of sp³-hybridized carbons (Fsp3) is 0.300. The maximum absolute atomic E-state index is 8.45. The number of pyridine rings is 1. The number of aliphatic hydroxyl groups is 1. The van der Waals surface area contributed by atoms with E-state index in [-0.39, 0.29) is 6.61 Å². The first-order valence-corrected chi connectivity index (χ1v) is 3.89. The highest BCUT2D eigenvalue weighted by Gasteiger charge is 1.85. The third kappa shape index (κ3) is 3.18. The molecule has 0 aliphatic rings. The summed E-state index contributed by atoms with van der Waals surface area (Å²) in [7, 11) is 0. The van der Waals surface area contributed by atoms with Crippen LogP contribution < -0.4 is 0 Å². The first-order chi connectivity index (χ1) is 5.93. The third-order valence-electron chi connectivity index (χ3n) is 1.38. The van der Waals surface area contributed by atoms with E-state index in [1.807, 2.05) is 12.1 Å². The molecular formula is C10H11NO. The van der Waals surface area contributed by atoms with Crippen molar-refractivity contribution in [3.63, 3.8) is 0 Å². The fourth-order valence-corrected chi connectivity index (χ4v) is 0.812. The van der Waals surface area contributed by atoms with E-state index in [1.54, 1.807) is 12.4 Å². The average Bonchev–Trinajstić information content (AvgIpc) is 2.14. The molecule has 0 spiro atoms. The Hall–Kier alpha value is -1.33. The van der Waals surface area contributed by atoms with Crippen LogP contribution in [0.4, 0.5) is 0 Å². The number of aliphatic hydroxyl groups excluding tert-OH is 1. The van der Waals surface area contributed by atoms with Crippen LogP contribution in [0.2, 0.25) is 0 Å².